The molecule has 1 atom stereocenters. The van der Waals surface area contributed by atoms with Gasteiger partial charge in [0.25, 0.3) is 15.9 Å². The summed E-state index contributed by atoms with van der Waals surface area (Å²) in [5.74, 6) is 0.516. The summed E-state index contributed by atoms with van der Waals surface area (Å²) >= 11 is 0. The largest absolute Gasteiger partial charge is 0.468 e. The summed E-state index contributed by atoms with van der Waals surface area (Å²) in [5.41, 5.74) is 0.816. The van der Waals surface area contributed by atoms with Gasteiger partial charge in [0.15, 0.2) is 0 Å². The molecule has 2 aromatic carbocycles. The maximum atomic E-state index is 12.5. The first-order chi connectivity index (χ1) is 13.9. The van der Waals surface area contributed by atoms with Gasteiger partial charge in [0, 0.05) is 17.8 Å². The van der Waals surface area contributed by atoms with Crippen LogP contribution in [0.2, 0.25) is 0 Å². The molecule has 3 rings (SSSR count). The number of anilines is 1. The van der Waals surface area contributed by atoms with Crippen LogP contribution >= 0.6 is 0 Å². The van der Waals surface area contributed by atoms with Crippen molar-refractivity contribution in [1.29, 1.82) is 0 Å². The SMILES string of the molecule is CN(C)C(CNC(=O)c1ccc(NS(=O)(=O)c2ccccc2)cc1)c1ccco1. The molecule has 2 N–H and O–H groups in total. The Hall–Kier alpha value is -3.10. The second-order valence-electron chi connectivity index (χ2n) is 6.70. The third kappa shape index (κ3) is 5.24. The fourth-order valence-electron chi connectivity index (χ4n) is 2.81. The summed E-state index contributed by atoms with van der Waals surface area (Å²) in [6.45, 7) is 0.377. The minimum absolute atomic E-state index is 0.0918. The zero-order valence-corrected chi connectivity index (χ0v) is 17.0. The van der Waals surface area contributed by atoms with Gasteiger partial charge in [-0.05, 0) is 62.6 Å². The molecular weight excluding hydrogens is 390 g/mol. The van der Waals surface area contributed by atoms with E-state index in [0.717, 1.165) is 5.76 Å². The highest BCUT2D eigenvalue weighted by molar-refractivity contribution is 7.92. The molecule has 0 fully saturated rings. The van der Waals surface area contributed by atoms with E-state index in [4.69, 9.17) is 4.42 Å². The van der Waals surface area contributed by atoms with E-state index in [2.05, 4.69) is 10.0 Å². The highest BCUT2D eigenvalue weighted by Crippen LogP contribution is 2.19. The van der Waals surface area contributed by atoms with E-state index in [1.165, 1.54) is 12.1 Å². The fraction of sp³-hybridized carbons (Fsp3) is 0.190. The fourth-order valence-corrected chi connectivity index (χ4v) is 3.89. The Morgan fingerprint density at radius 3 is 2.28 bits per heavy atom. The first-order valence-electron chi connectivity index (χ1n) is 9.03. The zero-order chi connectivity index (χ0) is 20.9. The van der Waals surface area contributed by atoms with Crippen LogP contribution in [0.15, 0.2) is 82.3 Å². The van der Waals surface area contributed by atoms with Gasteiger partial charge in [-0.1, -0.05) is 18.2 Å². The Morgan fingerprint density at radius 1 is 1.00 bits per heavy atom. The molecule has 1 amide bonds. The van der Waals surface area contributed by atoms with Crippen molar-refractivity contribution in [1.82, 2.24) is 10.2 Å². The maximum Gasteiger partial charge on any atom is 0.261 e. The first kappa shape index (κ1) is 20.6. The van der Waals surface area contributed by atoms with E-state index in [1.54, 1.807) is 48.7 Å². The Bertz CT molecular complexity index is 1030. The van der Waals surface area contributed by atoms with E-state index >= 15 is 0 Å². The van der Waals surface area contributed by atoms with Gasteiger partial charge in [-0.3, -0.25) is 14.4 Å². The van der Waals surface area contributed by atoms with Crippen molar-refractivity contribution in [3.8, 4) is 0 Å². The first-order valence-corrected chi connectivity index (χ1v) is 10.5. The number of hydrogen-bond acceptors (Lipinski definition) is 5. The van der Waals surface area contributed by atoms with Crippen LogP contribution in [0.25, 0.3) is 0 Å². The van der Waals surface area contributed by atoms with Gasteiger partial charge in [0.2, 0.25) is 0 Å². The molecule has 0 radical (unpaired) electrons. The number of benzene rings is 2. The third-order valence-corrected chi connectivity index (χ3v) is 5.80. The molecule has 7 nitrogen and oxygen atoms in total. The average molecular weight is 413 g/mol. The van der Waals surface area contributed by atoms with Crippen LogP contribution in [0, 0.1) is 0 Å². The molecule has 0 saturated heterocycles. The Balaban J connectivity index is 1.63. The van der Waals surface area contributed by atoms with Gasteiger partial charge in [-0.2, -0.15) is 0 Å². The predicted molar refractivity (Wildman–Crippen MR) is 111 cm³/mol. The summed E-state index contributed by atoms with van der Waals surface area (Å²) in [4.78, 5) is 14.6. The molecular formula is C21H23N3O4S. The Labute approximate surface area is 170 Å². The molecule has 1 unspecified atom stereocenters. The molecule has 1 heterocycles. The van der Waals surface area contributed by atoms with Crippen LogP contribution in [-0.2, 0) is 10.0 Å². The van der Waals surface area contributed by atoms with E-state index in [-0.39, 0.29) is 16.8 Å². The quantitative estimate of drug-likeness (QED) is 0.592. The third-order valence-electron chi connectivity index (χ3n) is 4.40. The second-order valence-corrected chi connectivity index (χ2v) is 8.38. The lowest BCUT2D eigenvalue weighted by Crippen LogP contribution is -2.34. The topological polar surface area (TPSA) is 91.7 Å². The predicted octanol–water partition coefficient (Wildman–Crippen LogP) is 3.11. The summed E-state index contributed by atoms with van der Waals surface area (Å²) in [7, 11) is 0.150. The monoisotopic (exact) mass is 413 g/mol. The number of sulfonamides is 1. The smallest absolute Gasteiger partial charge is 0.261 e. The lowest BCUT2D eigenvalue weighted by molar-refractivity contribution is 0.0939. The number of likely N-dealkylation sites (N-methyl/N-ethyl adjacent to an activating group) is 1. The molecule has 0 aliphatic heterocycles. The molecule has 8 heteroatoms. The van der Waals surface area contributed by atoms with Crippen molar-refractivity contribution in [2.75, 3.05) is 25.4 Å². The van der Waals surface area contributed by atoms with Crippen LogP contribution in [-0.4, -0.2) is 39.9 Å². The summed E-state index contributed by atoms with van der Waals surface area (Å²) in [6.07, 6.45) is 1.60. The number of furan rings is 1. The standard InChI is InChI=1S/C21H23N3O4S/c1-24(2)19(20-9-6-14-28-20)15-22-21(25)16-10-12-17(13-11-16)23-29(26,27)18-7-4-3-5-8-18/h3-14,19,23H,15H2,1-2H3,(H,22,25). The Morgan fingerprint density at radius 2 is 1.69 bits per heavy atom. The van der Waals surface area contributed by atoms with Gasteiger partial charge < -0.3 is 9.73 Å². The molecule has 29 heavy (non-hydrogen) atoms. The average Bonchev–Trinajstić information content (AvgIpc) is 3.23. The molecule has 0 aliphatic carbocycles. The number of hydrogen-bond donors (Lipinski definition) is 2. The number of nitrogens with one attached hydrogen (secondary N) is 2. The van der Waals surface area contributed by atoms with Crippen LogP contribution in [0.5, 0.6) is 0 Å². The normalized spacial score (nSPS) is 12.5. The van der Waals surface area contributed by atoms with Crippen molar-refractivity contribution >= 4 is 21.6 Å². The van der Waals surface area contributed by atoms with Crippen LogP contribution < -0.4 is 10.0 Å². The lowest BCUT2D eigenvalue weighted by Gasteiger charge is -2.22. The number of rotatable bonds is 8. The zero-order valence-electron chi connectivity index (χ0n) is 16.2. The number of carbonyl (C=O) groups excluding carboxylic acids is 1. The minimum atomic E-state index is -3.67. The number of amides is 1. The van der Waals surface area contributed by atoms with Gasteiger partial charge in [-0.25, -0.2) is 8.42 Å². The van der Waals surface area contributed by atoms with E-state index in [9.17, 15) is 13.2 Å². The Kier molecular flexibility index (Phi) is 6.36. The van der Waals surface area contributed by atoms with Crippen molar-refractivity contribution in [3.05, 3.63) is 84.3 Å². The summed E-state index contributed by atoms with van der Waals surface area (Å²) in [5, 5.41) is 2.88. The number of carbonyl (C=O) groups is 1. The minimum Gasteiger partial charge on any atom is -0.468 e. The second kappa shape index (κ2) is 8.93. The van der Waals surface area contributed by atoms with Crippen molar-refractivity contribution in [2.24, 2.45) is 0 Å². The van der Waals surface area contributed by atoms with Crippen molar-refractivity contribution in [3.63, 3.8) is 0 Å². The van der Waals surface area contributed by atoms with Gasteiger partial charge >= 0.3 is 0 Å². The lowest BCUT2D eigenvalue weighted by atomic mass is 10.1. The van der Waals surface area contributed by atoms with Crippen LogP contribution in [0.1, 0.15) is 22.2 Å². The van der Waals surface area contributed by atoms with Gasteiger partial charge in [-0.15, -0.1) is 0 Å². The highest BCUT2D eigenvalue weighted by Gasteiger charge is 2.18. The van der Waals surface area contributed by atoms with E-state index < -0.39 is 10.0 Å². The number of nitrogens with zero attached hydrogens (tertiary/aromatic N) is 1. The molecule has 0 spiro atoms. The molecule has 0 saturated carbocycles. The van der Waals surface area contributed by atoms with Gasteiger partial charge in [0.05, 0.1) is 17.2 Å². The maximum absolute atomic E-state index is 12.5. The van der Waals surface area contributed by atoms with E-state index in [1.807, 2.05) is 31.1 Å². The van der Waals surface area contributed by atoms with Crippen LogP contribution in [0.4, 0.5) is 5.69 Å². The molecule has 1 aromatic heterocycles. The molecule has 3 aromatic rings. The van der Waals surface area contributed by atoms with Gasteiger partial charge in [0.1, 0.15) is 5.76 Å². The van der Waals surface area contributed by atoms with Crippen molar-refractivity contribution < 1.29 is 17.6 Å². The molecule has 0 bridgehead atoms. The summed E-state index contributed by atoms with van der Waals surface area (Å²) in [6, 6.07) is 18.0. The molecule has 0 aliphatic rings. The van der Waals surface area contributed by atoms with E-state index in [0.29, 0.717) is 17.8 Å². The van der Waals surface area contributed by atoms with Crippen molar-refractivity contribution in [2.45, 2.75) is 10.9 Å². The molecule has 152 valence electrons. The summed E-state index contributed by atoms with van der Waals surface area (Å²) < 4.78 is 32.7. The van der Waals surface area contributed by atoms with Crippen LogP contribution in [0.3, 0.4) is 0 Å². The highest BCUT2D eigenvalue weighted by atomic mass is 32.2.